The molecule has 1 aromatic carbocycles. The fourth-order valence-electron chi connectivity index (χ4n) is 3.17. The Balaban J connectivity index is 1.84. The minimum absolute atomic E-state index is 0.0573. The highest BCUT2D eigenvalue weighted by Gasteiger charge is 2.21. The van der Waals surface area contributed by atoms with Crippen LogP contribution in [0.15, 0.2) is 24.3 Å². The van der Waals surface area contributed by atoms with Crippen LogP contribution in [0.3, 0.4) is 0 Å². The number of carbonyl (C=O) groups is 4. The molecule has 174 valence electrons. The van der Waals surface area contributed by atoms with Crippen molar-refractivity contribution in [2.24, 2.45) is 5.73 Å². The van der Waals surface area contributed by atoms with Crippen molar-refractivity contribution in [2.75, 3.05) is 13.7 Å². The number of rotatable bonds is 9. The van der Waals surface area contributed by atoms with Gasteiger partial charge in [0.15, 0.2) is 24.2 Å². The lowest BCUT2D eigenvalue weighted by atomic mass is 9.96. The highest BCUT2D eigenvalue weighted by molar-refractivity contribution is 5.98. The summed E-state index contributed by atoms with van der Waals surface area (Å²) in [5, 5.41) is 4.96. The van der Waals surface area contributed by atoms with Crippen molar-refractivity contribution < 1.29 is 33.4 Å². The Morgan fingerprint density at radius 2 is 1.88 bits per heavy atom. The molecule has 10 heteroatoms. The van der Waals surface area contributed by atoms with Gasteiger partial charge >= 0.3 is 12.0 Å². The first kappa shape index (κ1) is 24.7. The highest BCUT2D eigenvalue weighted by atomic mass is 16.5. The number of primary amides is 1. The van der Waals surface area contributed by atoms with Gasteiger partial charge in [-0.15, -0.1) is 0 Å². The number of hydrogen-bond acceptors (Lipinski definition) is 7. The van der Waals surface area contributed by atoms with Crippen LogP contribution in [-0.2, 0) is 19.1 Å². The van der Waals surface area contributed by atoms with E-state index in [9.17, 15) is 19.2 Å². The largest absolute Gasteiger partial charge is 0.493 e. The van der Waals surface area contributed by atoms with Gasteiger partial charge in [-0.25, -0.2) is 9.59 Å². The van der Waals surface area contributed by atoms with Crippen LogP contribution in [-0.4, -0.2) is 49.7 Å². The summed E-state index contributed by atoms with van der Waals surface area (Å²) >= 11 is 0. The van der Waals surface area contributed by atoms with Gasteiger partial charge in [-0.05, 0) is 43.5 Å². The molecule has 1 fully saturated rings. The summed E-state index contributed by atoms with van der Waals surface area (Å²) in [6.45, 7) is 1.08. The number of amides is 4. The van der Waals surface area contributed by atoms with Gasteiger partial charge in [0.2, 0.25) is 0 Å². The van der Waals surface area contributed by atoms with Crippen molar-refractivity contribution in [1.29, 1.82) is 0 Å². The number of ether oxygens (including phenoxy) is 3. The number of nitrogens with two attached hydrogens (primary N) is 1. The fourth-order valence-corrected chi connectivity index (χ4v) is 3.17. The second-order valence-electron chi connectivity index (χ2n) is 7.38. The van der Waals surface area contributed by atoms with E-state index >= 15 is 0 Å². The van der Waals surface area contributed by atoms with Crippen molar-refractivity contribution in [3.05, 3.63) is 29.8 Å². The number of nitrogens with one attached hydrogen (secondary N) is 2. The van der Waals surface area contributed by atoms with Crippen LogP contribution in [0.2, 0.25) is 0 Å². The normalized spacial score (nSPS) is 14.9. The Morgan fingerprint density at radius 1 is 1.16 bits per heavy atom. The van der Waals surface area contributed by atoms with Crippen LogP contribution in [0.25, 0.3) is 6.08 Å². The molecule has 0 saturated heterocycles. The van der Waals surface area contributed by atoms with E-state index in [4.69, 9.17) is 19.9 Å². The zero-order chi connectivity index (χ0) is 23.5. The van der Waals surface area contributed by atoms with E-state index in [-0.39, 0.29) is 12.6 Å². The first-order valence-corrected chi connectivity index (χ1v) is 10.4. The third-order valence-corrected chi connectivity index (χ3v) is 4.81. The Bertz CT molecular complexity index is 863. The summed E-state index contributed by atoms with van der Waals surface area (Å²) < 4.78 is 15.5. The standard InChI is InChI=1S/C22H29N3O7/c1-14(21(28)25-22(29)24-16-6-4-3-5-7-16)32-20(27)11-9-15-8-10-17(18(12-15)30-2)31-13-19(23)26/h8-12,14,16H,3-7,13H2,1-2H3,(H2,23,26)(H2,24,25,28,29)/b11-9+. The van der Waals surface area contributed by atoms with Crippen molar-refractivity contribution in [3.63, 3.8) is 0 Å². The molecule has 1 aromatic rings. The summed E-state index contributed by atoms with van der Waals surface area (Å²) in [6, 6.07) is 4.25. The molecule has 1 saturated carbocycles. The van der Waals surface area contributed by atoms with Gasteiger partial charge in [0, 0.05) is 12.1 Å². The number of esters is 1. The summed E-state index contributed by atoms with van der Waals surface area (Å²) in [7, 11) is 1.43. The minimum atomic E-state index is -1.15. The molecule has 0 bridgehead atoms. The molecule has 0 heterocycles. The van der Waals surface area contributed by atoms with E-state index in [1.165, 1.54) is 20.1 Å². The third kappa shape index (κ3) is 8.29. The van der Waals surface area contributed by atoms with E-state index < -0.39 is 29.9 Å². The van der Waals surface area contributed by atoms with E-state index in [1.54, 1.807) is 18.2 Å². The molecule has 0 radical (unpaired) electrons. The molecule has 32 heavy (non-hydrogen) atoms. The molecule has 4 N–H and O–H groups in total. The molecule has 2 rings (SSSR count). The average Bonchev–Trinajstić information content (AvgIpc) is 2.76. The molecule has 1 unspecified atom stereocenters. The predicted octanol–water partition coefficient (Wildman–Crippen LogP) is 1.66. The Kier molecular flexibility index (Phi) is 9.52. The molecule has 1 atom stereocenters. The zero-order valence-electron chi connectivity index (χ0n) is 18.2. The second kappa shape index (κ2) is 12.3. The first-order valence-electron chi connectivity index (χ1n) is 10.4. The maximum Gasteiger partial charge on any atom is 0.331 e. The lowest BCUT2D eigenvalue weighted by Crippen LogP contribution is -2.48. The molecule has 4 amide bonds. The van der Waals surface area contributed by atoms with Crippen LogP contribution in [0.1, 0.15) is 44.6 Å². The summed E-state index contributed by atoms with van der Waals surface area (Å²) in [6.07, 6.45) is 6.48. The van der Waals surface area contributed by atoms with Gasteiger partial charge in [-0.1, -0.05) is 25.3 Å². The van der Waals surface area contributed by atoms with Gasteiger partial charge in [-0.2, -0.15) is 0 Å². The maximum absolute atomic E-state index is 12.1. The van der Waals surface area contributed by atoms with Crippen LogP contribution in [0, 0.1) is 0 Å². The van der Waals surface area contributed by atoms with Gasteiger partial charge < -0.3 is 25.3 Å². The van der Waals surface area contributed by atoms with Crippen LogP contribution in [0.4, 0.5) is 4.79 Å². The van der Waals surface area contributed by atoms with Crippen LogP contribution < -0.4 is 25.8 Å². The van der Waals surface area contributed by atoms with E-state index in [0.717, 1.165) is 38.2 Å². The molecular weight excluding hydrogens is 418 g/mol. The van der Waals surface area contributed by atoms with Crippen LogP contribution in [0.5, 0.6) is 11.5 Å². The Morgan fingerprint density at radius 3 is 2.53 bits per heavy atom. The highest BCUT2D eigenvalue weighted by Crippen LogP contribution is 2.28. The number of imide groups is 1. The Hall–Kier alpha value is -3.56. The van der Waals surface area contributed by atoms with Crippen LogP contribution >= 0.6 is 0 Å². The fraction of sp³-hybridized carbons (Fsp3) is 0.455. The predicted molar refractivity (Wildman–Crippen MR) is 116 cm³/mol. The summed E-state index contributed by atoms with van der Waals surface area (Å²) in [5.41, 5.74) is 5.65. The number of methoxy groups -OCH3 is 1. The van der Waals surface area contributed by atoms with Crippen molar-refractivity contribution in [3.8, 4) is 11.5 Å². The molecule has 10 nitrogen and oxygen atoms in total. The lowest BCUT2D eigenvalue weighted by Gasteiger charge is -2.23. The first-order chi connectivity index (χ1) is 15.3. The lowest BCUT2D eigenvalue weighted by molar-refractivity contribution is -0.149. The van der Waals surface area contributed by atoms with Crippen molar-refractivity contribution in [2.45, 2.75) is 51.2 Å². The van der Waals surface area contributed by atoms with E-state index in [0.29, 0.717) is 17.1 Å². The molecule has 0 aromatic heterocycles. The number of benzene rings is 1. The third-order valence-electron chi connectivity index (χ3n) is 4.81. The summed E-state index contributed by atoms with van der Waals surface area (Å²) in [4.78, 5) is 46.9. The smallest absolute Gasteiger partial charge is 0.331 e. The quantitative estimate of drug-likeness (QED) is 0.385. The molecule has 0 spiro atoms. The minimum Gasteiger partial charge on any atom is -0.493 e. The molecular formula is C22H29N3O7. The van der Waals surface area contributed by atoms with Crippen molar-refractivity contribution >= 4 is 29.9 Å². The van der Waals surface area contributed by atoms with E-state index in [2.05, 4.69) is 10.6 Å². The number of urea groups is 1. The molecule has 1 aliphatic rings. The SMILES string of the molecule is COc1cc(/C=C/C(=O)OC(C)C(=O)NC(=O)NC2CCCCC2)ccc1OCC(N)=O. The van der Waals surface area contributed by atoms with Gasteiger partial charge in [0.05, 0.1) is 7.11 Å². The summed E-state index contributed by atoms with van der Waals surface area (Å²) in [5.74, 6) is -1.42. The van der Waals surface area contributed by atoms with Crippen molar-refractivity contribution in [1.82, 2.24) is 10.6 Å². The Labute approximate surface area is 186 Å². The average molecular weight is 447 g/mol. The zero-order valence-corrected chi connectivity index (χ0v) is 18.2. The number of hydrogen-bond donors (Lipinski definition) is 3. The van der Waals surface area contributed by atoms with E-state index in [1.807, 2.05) is 0 Å². The molecule has 1 aliphatic carbocycles. The monoisotopic (exact) mass is 447 g/mol. The number of carbonyl (C=O) groups excluding carboxylic acids is 4. The molecule has 0 aliphatic heterocycles. The van der Waals surface area contributed by atoms with Gasteiger partial charge in [0.1, 0.15) is 0 Å². The second-order valence-corrected chi connectivity index (χ2v) is 7.38. The maximum atomic E-state index is 12.1. The van der Waals surface area contributed by atoms with Gasteiger partial charge in [0.25, 0.3) is 11.8 Å². The topological polar surface area (TPSA) is 146 Å². The van der Waals surface area contributed by atoms with Gasteiger partial charge in [-0.3, -0.25) is 14.9 Å².